The second-order valence-corrected chi connectivity index (χ2v) is 7.03. The van der Waals surface area contributed by atoms with Gasteiger partial charge in [-0.25, -0.2) is 0 Å². The second kappa shape index (κ2) is 5.53. The zero-order valence-corrected chi connectivity index (χ0v) is 11.8. The molecule has 1 fully saturated rings. The Morgan fingerprint density at radius 1 is 1.12 bits per heavy atom. The maximum atomic E-state index is 6.61. The molecule has 1 saturated carbocycles. The van der Waals surface area contributed by atoms with E-state index in [0.29, 0.717) is 5.41 Å². The Morgan fingerprint density at radius 2 is 1.81 bits per heavy atom. The summed E-state index contributed by atoms with van der Waals surface area (Å²) in [6, 6.07) is 0. The van der Waals surface area contributed by atoms with Crippen LogP contribution in [-0.2, 0) is 0 Å². The Hall–Kier alpha value is -0.0400. The van der Waals surface area contributed by atoms with Crippen molar-refractivity contribution in [1.29, 1.82) is 0 Å². The lowest BCUT2D eigenvalue weighted by atomic mass is 9.63. The van der Waals surface area contributed by atoms with Crippen LogP contribution in [-0.4, -0.2) is 5.54 Å². The summed E-state index contributed by atoms with van der Waals surface area (Å²) in [6.45, 7) is 9.41. The fourth-order valence-corrected chi connectivity index (χ4v) is 3.90. The maximum Gasteiger partial charge on any atom is 0.0162 e. The van der Waals surface area contributed by atoms with E-state index in [1.165, 1.54) is 51.4 Å². The van der Waals surface area contributed by atoms with Crippen LogP contribution in [0.1, 0.15) is 79.1 Å². The number of hydrogen-bond acceptors (Lipinski definition) is 1. The van der Waals surface area contributed by atoms with Crippen LogP contribution in [0, 0.1) is 11.3 Å². The Labute approximate surface area is 102 Å². The average Bonchev–Trinajstić information content (AvgIpc) is 2.08. The molecule has 96 valence electrons. The van der Waals surface area contributed by atoms with Gasteiger partial charge in [0.15, 0.2) is 0 Å². The Bertz CT molecular complexity index is 209. The van der Waals surface area contributed by atoms with E-state index in [-0.39, 0.29) is 5.54 Å². The average molecular weight is 225 g/mol. The molecular formula is C15H31N. The summed E-state index contributed by atoms with van der Waals surface area (Å²) in [5.41, 5.74) is 7.20. The third kappa shape index (κ3) is 4.45. The van der Waals surface area contributed by atoms with Gasteiger partial charge in [-0.1, -0.05) is 53.4 Å². The molecule has 1 nitrogen and oxygen atoms in total. The van der Waals surface area contributed by atoms with Crippen molar-refractivity contribution in [2.75, 3.05) is 0 Å². The van der Waals surface area contributed by atoms with Crippen LogP contribution in [0.25, 0.3) is 0 Å². The minimum atomic E-state index is 0.134. The molecule has 0 aliphatic heterocycles. The first-order valence-corrected chi connectivity index (χ1v) is 7.16. The lowest BCUT2D eigenvalue weighted by Gasteiger charge is -2.46. The van der Waals surface area contributed by atoms with Crippen LogP contribution in [0.2, 0.25) is 0 Å². The van der Waals surface area contributed by atoms with E-state index in [2.05, 4.69) is 27.7 Å². The van der Waals surface area contributed by atoms with E-state index in [0.717, 1.165) is 5.92 Å². The number of hydrogen-bond donors (Lipinski definition) is 1. The van der Waals surface area contributed by atoms with Crippen molar-refractivity contribution in [3.05, 3.63) is 0 Å². The summed E-state index contributed by atoms with van der Waals surface area (Å²) in [5.74, 6) is 0.805. The minimum Gasteiger partial charge on any atom is -0.325 e. The molecule has 1 rings (SSSR count). The predicted molar refractivity (Wildman–Crippen MR) is 72.5 cm³/mol. The van der Waals surface area contributed by atoms with E-state index in [1.807, 2.05) is 0 Å². The third-order valence-electron chi connectivity index (χ3n) is 4.01. The molecule has 2 N–H and O–H groups in total. The first-order chi connectivity index (χ1) is 7.37. The van der Waals surface area contributed by atoms with Crippen molar-refractivity contribution in [3.63, 3.8) is 0 Å². The number of unbranched alkanes of at least 4 members (excludes halogenated alkanes) is 3. The summed E-state index contributed by atoms with van der Waals surface area (Å²) in [5, 5.41) is 0. The van der Waals surface area contributed by atoms with Crippen LogP contribution in [0.3, 0.4) is 0 Å². The van der Waals surface area contributed by atoms with Crippen LogP contribution in [0.4, 0.5) is 0 Å². The third-order valence-corrected chi connectivity index (χ3v) is 4.01. The van der Waals surface area contributed by atoms with Gasteiger partial charge in [-0.05, 0) is 37.0 Å². The summed E-state index contributed by atoms with van der Waals surface area (Å²) in [6.07, 6.45) is 10.4. The summed E-state index contributed by atoms with van der Waals surface area (Å²) in [4.78, 5) is 0. The predicted octanol–water partition coefficient (Wildman–Crippen LogP) is 4.50. The molecule has 0 bridgehead atoms. The largest absolute Gasteiger partial charge is 0.325 e. The number of nitrogens with two attached hydrogens (primary N) is 1. The van der Waals surface area contributed by atoms with Crippen LogP contribution in [0.15, 0.2) is 0 Å². The Kier molecular flexibility index (Phi) is 4.85. The van der Waals surface area contributed by atoms with Crippen molar-refractivity contribution in [2.45, 2.75) is 84.6 Å². The van der Waals surface area contributed by atoms with Gasteiger partial charge in [-0.15, -0.1) is 0 Å². The molecule has 2 unspecified atom stereocenters. The highest BCUT2D eigenvalue weighted by Crippen LogP contribution is 2.44. The van der Waals surface area contributed by atoms with Gasteiger partial charge in [0.05, 0.1) is 0 Å². The lowest BCUT2D eigenvalue weighted by Crippen LogP contribution is -2.49. The molecule has 1 heteroatoms. The summed E-state index contributed by atoms with van der Waals surface area (Å²) < 4.78 is 0. The molecule has 0 aromatic carbocycles. The topological polar surface area (TPSA) is 26.0 Å². The smallest absolute Gasteiger partial charge is 0.0162 e. The number of rotatable bonds is 5. The van der Waals surface area contributed by atoms with E-state index in [4.69, 9.17) is 5.73 Å². The van der Waals surface area contributed by atoms with Gasteiger partial charge in [-0.3, -0.25) is 0 Å². The molecule has 0 aromatic heterocycles. The van der Waals surface area contributed by atoms with E-state index >= 15 is 0 Å². The lowest BCUT2D eigenvalue weighted by molar-refractivity contribution is 0.100. The maximum absolute atomic E-state index is 6.61. The monoisotopic (exact) mass is 225 g/mol. The molecule has 1 aliphatic carbocycles. The quantitative estimate of drug-likeness (QED) is 0.685. The molecule has 2 atom stereocenters. The van der Waals surface area contributed by atoms with Gasteiger partial charge < -0.3 is 5.73 Å². The first kappa shape index (κ1) is 14.0. The molecule has 0 aromatic rings. The molecule has 0 saturated heterocycles. The molecule has 0 radical (unpaired) electrons. The van der Waals surface area contributed by atoms with E-state index in [9.17, 15) is 0 Å². The highest BCUT2D eigenvalue weighted by atomic mass is 14.8. The Morgan fingerprint density at radius 3 is 2.38 bits per heavy atom. The zero-order chi connectivity index (χ0) is 12.2. The van der Waals surface area contributed by atoms with Gasteiger partial charge in [0.2, 0.25) is 0 Å². The van der Waals surface area contributed by atoms with Crippen molar-refractivity contribution in [2.24, 2.45) is 17.1 Å². The van der Waals surface area contributed by atoms with Gasteiger partial charge in [-0.2, -0.15) is 0 Å². The highest BCUT2D eigenvalue weighted by Gasteiger charge is 2.39. The fourth-order valence-electron chi connectivity index (χ4n) is 3.90. The molecule has 0 amide bonds. The van der Waals surface area contributed by atoms with Gasteiger partial charge >= 0.3 is 0 Å². The van der Waals surface area contributed by atoms with Crippen molar-refractivity contribution in [3.8, 4) is 0 Å². The molecular weight excluding hydrogens is 194 g/mol. The van der Waals surface area contributed by atoms with E-state index in [1.54, 1.807) is 0 Å². The first-order valence-electron chi connectivity index (χ1n) is 7.16. The van der Waals surface area contributed by atoms with Crippen molar-refractivity contribution >= 4 is 0 Å². The van der Waals surface area contributed by atoms with Crippen molar-refractivity contribution < 1.29 is 0 Å². The Balaban J connectivity index is 2.42. The summed E-state index contributed by atoms with van der Waals surface area (Å²) >= 11 is 0. The summed E-state index contributed by atoms with van der Waals surface area (Å²) in [7, 11) is 0. The molecule has 0 heterocycles. The van der Waals surface area contributed by atoms with Crippen LogP contribution in [0.5, 0.6) is 0 Å². The zero-order valence-electron chi connectivity index (χ0n) is 11.8. The van der Waals surface area contributed by atoms with E-state index < -0.39 is 0 Å². The van der Waals surface area contributed by atoms with Gasteiger partial charge in [0.1, 0.15) is 0 Å². The minimum absolute atomic E-state index is 0.134. The fraction of sp³-hybridized carbons (Fsp3) is 1.00. The molecule has 0 spiro atoms. The van der Waals surface area contributed by atoms with Crippen molar-refractivity contribution in [1.82, 2.24) is 0 Å². The SMILES string of the molecule is CCCCCCC1(N)CC(C)CC(C)(C)C1. The standard InChI is InChI=1S/C15H31N/c1-5-6-7-8-9-15(16)11-13(2)10-14(3,4)12-15/h13H,5-12,16H2,1-4H3. The molecule has 16 heavy (non-hydrogen) atoms. The highest BCUT2D eigenvalue weighted by molar-refractivity contribution is 4.96. The normalized spacial score (nSPS) is 33.9. The van der Waals surface area contributed by atoms with Gasteiger partial charge in [0.25, 0.3) is 0 Å². The van der Waals surface area contributed by atoms with Crippen LogP contribution < -0.4 is 5.73 Å². The van der Waals surface area contributed by atoms with Gasteiger partial charge in [0, 0.05) is 5.54 Å². The molecule has 1 aliphatic rings. The second-order valence-electron chi connectivity index (χ2n) is 7.03. The van der Waals surface area contributed by atoms with Crippen LogP contribution >= 0.6 is 0 Å².